The second-order valence-corrected chi connectivity index (χ2v) is 3.60. The molecule has 0 saturated heterocycles. The van der Waals surface area contributed by atoms with E-state index < -0.39 is 5.97 Å². The van der Waals surface area contributed by atoms with Crippen molar-refractivity contribution < 1.29 is 19.4 Å². The number of carbonyl (C=O) groups is 1. The highest BCUT2D eigenvalue weighted by Crippen LogP contribution is 2.36. The van der Waals surface area contributed by atoms with E-state index in [-0.39, 0.29) is 11.9 Å². The molecule has 1 unspecified atom stereocenters. The molecule has 0 saturated carbocycles. The Kier molecular flexibility index (Phi) is 2.26. The highest BCUT2D eigenvalue weighted by Gasteiger charge is 2.24. The summed E-state index contributed by atoms with van der Waals surface area (Å²) in [6.07, 6.45) is 0.710. The minimum Gasteiger partial charge on any atom is -0.508 e. The Balaban J connectivity index is 2.44. The highest BCUT2D eigenvalue weighted by atomic mass is 16.5. The summed E-state index contributed by atoms with van der Waals surface area (Å²) in [5, 5.41) is 9.69. The molecule has 0 amide bonds. The molecule has 0 radical (unpaired) electrons. The number of aromatic hydroxyl groups is 1. The lowest BCUT2D eigenvalue weighted by atomic mass is 10.1. The summed E-state index contributed by atoms with van der Waals surface area (Å²) in [5.41, 5.74) is 1.07. The van der Waals surface area contributed by atoms with Gasteiger partial charge >= 0.3 is 5.97 Å². The summed E-state index contributed by atoms with van der Waals surface area (Å²) in [5.74, 6) is 0.191. The molecule has 0 fully saturated rings. The molecule has 1 atom stereocenters. The van der Waals surface area contributed by atoms with Gasteiger partial charge in [0.05, 0.1) is 12.7 Å². The van der Waals surface area contributed by atoms with Gasteiger partial charge in [0, 0.05) is 12.0 Å². The number of fused-ring (bicyclic) bond motifs is 1. The van der Waals surface area contributed by atoms with E-state index in [2.05, 4.69) is 4.74 Å². The van der Waals surface area contributed by atoms with E-state index in [1.54, 1.807) is 6.07 Å². The number of hydrogen-bond donors (Lipinski definition) is 1. The number of ether oxygens (including phenoxy) is 2. The Bertz CT molecular complexity index is 411. The first kappa shape index (κ1) is 9.83. The van der Waals surface area contributed by atoms with Gasteiger partial charge in [-0.2, -0.15) is 0 Å². The zero-order valence-electron chi connectivity index (χ0n) is 8.61. The molecule has 15 heavy (non-hydrogen) atoms. The van der Waals surface area contributed by atoms with Crippen LogP contribution in [0.25, 0.3) is 0 Å². The highest BCUT2D eigenvalue weighted by molar-refractivity contribution is 5.90. The first-order valence-corrected chi connectivity index (χ1v) is 4.72. The standard InChI is InChI=1S/C11H12O4/c1-6-3-8-9(12)4-7(11(13)14-2)5-10(8)15-6/h4-6,12H,3H2,1-2H3. The van der Waals surface area contributed by atoms with Gasteiger partial charge in [0.15, 0.2) is 0 Å². The monoisotopic (exact) mass is 208 g/mol. The van der Waals surface area contributed by atoms with Crippen LogP contribution in [-0.2, 0) is 11.2 Å². The predicted octanol–water partition coefficient (Wildman–Crippen LogP) is 1.50. The minimum absolute atomic E-state index is 0.0406. The second-order valence-electron chi connectivity index (χ2n) is 3.60. The largest absolute Gasteiger partial charge is 0.508 e. The van der Waals surface area contributed by atoms with Gasteiger partial charge in [-0.1, -0.05) is 0 Å². The quantitative estimate of drug-likeness (QED) is 0.710. The molecule has 4 heteroatoms. The van der Waals surface area contributed by atoms with Crippen LogP contribution >= 0.6 is 0 Å². The number of phenols is 1. The molecule has 1 aliphatic heterocycles. The fourth-order valence-electron chi connectivity index (χ4n) is 1.72. The van der Waals surface area contributed by atoms with Gasteiger partial charge in [-0.25, -0.2) is 4.79 Å². The molecule has 0 spiro atoms. The maximum Gasteiger partial charge on any atom is 0.338 e. The summed E-state index contributed by atoms with van der Waals surface area (Å²) >= 11 is 0. The molecular formula is C11H12O4. The van der Waals surface area contributed by atoms with E-state index in [0.717, 1.165) is 5.56 Å². The number of hydrogen-bond acceptors (Lipinski definition) is 4. The predicted molar refractivity (Wildman–Crippen MR) is 53.2 cm³/mol. The second kappa shape index (κ2) is 3.46. The first-order valence-electron chi connectivity index (χ1n) is 4.72. The Morgan fingerprint density at radius 2 is 2.33 bits per heavy atom. The van der Waals surface area contributed by atoms with Crippen LogP contribution < -0.4 is 4.74 Å². The normalized spacial score (nSPS) is 18.1. The average Bonchev–Trinajstić information content (AvgIpc) is 2.58. The SMILES string of the molecule is COC(=O)c1cc(O)c2c(c1)OC(C)C2. The molecule has 1 aromatic carbocycles. The fourth-order valence-corrected chi connectivity index (χ4v) is 1.72. The van der Waals surface area contributed by atoms with Crippen molar-refractivity contribution in [2.75, 3.05) is 7.11 Å². The summed E-state index contributed by atoms with van der Waals surface area (Å²) in [6.45, 7) is 1.91. The van der Waals surface area contributed by atoms with E-state index in [1.165, 1.54) is 13.2 Å². The topological polar surface area (TPSA) is 55.8 Å². The van der Waals surface area contributed by atoms with Crippen LogP contribution in [0.15, 0.2) is 12.1 Å². The molecule has 1 aliphatic rings. The zero-order valence-corrected chi connectivity index (χ0v) is 8.61. The van der Waals surface area contributed by atoms with Gasteiger partial charge in [-0.05, 0) is 19.1 Å². The lowest BCUT2D eigenvalue weighted by Gasteiger charge is -2.05. The molecule has 4 nitrogen and oxygen atoms in total. The number of carbonyl (C=O) groups excluding carboxylic acids is 1. The maximum atomic E-state index is 11.3. The molecule has 80 valence electrons. The summed E-state index contributed by atoms with van der Waals surface area (Å²) < 4.78 is 10.0. The van der Waals surface area contributed by atoms with E-state index in [4.69, 9.17) is 4.74 Å². The van der Waals surface area contributed by atoms with E-state index in [9.17, 15) is 9.90 Å². The third kappa shape index (κ3) is 1.63. The average molecular weight is 208 g/mol. The number of esters is 1. The maximum absolute atomic E-state index is 11.3. The van der Waals surface area contributed by atoms with Gasteiger partial charge in [-0.15, -0.1) is 0 Å². The van der Waals surface area contributed by atoms with Crippen LogP contribution in [0.5, 0.6) is 11.5 Å². The van der Waals surface area contributed by atoms with Crippen molar-refractivity contribution in [3.8, 4) is 11.5 Å². The van der Waals surface area contributed by atoms with E-state index in [0.29, 0.717) is 17.7 Å². The third-order valence-electron chi connectivity index (χ3n) is 2.43. The van der Waals surface area contributed by atoms with Crippen molar-refractivity contribution in [1.29, 1.82) is 0 Å². The van der Waals surface area contributed by atoms with Crippen molar-refractivity contribution in [1.82, 2.24) is 0 Å². The summed E-state index contributed by atoms with van der Waals surface area (Å²) in [7, 11) is 1.30. The van der Waals surface area contributed by atoms with Gasteiger partial charge in [0.25, 0.3) is 0 Å². The number of phenolic OH excluding ortho intramolecular Hbond substituents is 1. The molecule has 2 rings (SSSR count). The van der Waals surface area contributed by atoms with Crippen LogP contribution in [0.1, 0.15) is 22.8 Å². The Morgan fingerprint density at radius 3 is 3.00 bits per heavy atom. The van der Waals surface area contributed by atoms with Gasteiger partial charge in [0.1, 0.15) is 17.6 Å². The van der Waals surface area contributed by atoms with E-state index in [1.807, 2.05) is 6.92 Å². The van der Waals surface area contributed by atoms with Gasteiger partial charge < -0.3 is 14.6 Å². The van der Waals surface area contributed by atoms with Crippen molar-refractivity contribution in [2.45, 2.75) is 19.4 Å². The smallest absolute Gasteiger partial charge is 0.338 e. The Hall–Kier alpha value is -1.71. The van der Waals surface area contributed by atoms with Gasteiger partial charge in [0.2, 0.25) is 0 Å². The minimum atomic E-state index is -0.476. The van der Waals surface area contributed by atoms with Crippen LogP contribution in [-0.4, -0.2) is 24.3 Å². The van der Waals surface area contributed by atoms with Crippen LogP contribution in [0, 0.1) is 0 Å². The molecule has 0 bridgehead atoms. The number of benzene rings is 1. The van der Waals surface area contributed by atoms with Gasteiger partial charge in [-0.3, -0.25) is 0 Å². The molecule has 0 aromatic heterocycles. The van der Waals surface area contributed by atoms with E-state index >= 15 is 0 Å². The molecule has 1 aromatic rings. The number of rotatable bonds is 1. The number of methoxy groups -OCH3 is 1. The van der Waals surface area contributed by atoms with Crippen molar-refractivity contribution in [3.63, 3.8) is 0 Å². The summed E-state index contributed by atoms with van der Waals surface area (Å²) in [6, 6.07) is 3.01. The Labute approximate surface area is 87.4 Å². The van der Waals surface area contributed by atoms with Crippen molar-refractivity contribution >= 4 is 5.97 Å². The third-order valence-corrected chi connectivity index (χ3v) is 2.43. The lowest BCUT2D eigenvalue weighted by molar-refractivity contribution is 0.0599. The Morgan fingerprint density at radius 1 is 1.60 bits per heavy atom. The van der Waals surface area contributed by atoms with Crippen LogP contribution in [0.2, 0.25) is 0 Å². The summed E-state index contributed by atoms with van der Waals surface area (Å²) in [4.78, 5) is 11.3. The first-order chi connectivity index (χ1) is 7.11. The zero-order chi connectivity index (χ0) is 11.0. The molecule has 0 aliphatic carbocycles. The van der Waals surface area contributed by atoms with Crippen molar-refractivity contribution in [2.24, 2.45) is 0 Å². The lowest BCUT2D eigenvalue weighted by Crippen LogP contribution is -2.05. The molecule has 1 heterocycles. The van der Waals surface area contributed by atoms with Crippen LogP contribution in [0.3, 0.4) is 0 Å². The van der Waals surface area contributed by atoms with Crippen molar-refractivity contribution in [3.05, 3.63) is 23.3 Å². The molecular weight excluding hydrogens is 196 g/mol. The molecule has 1 N–H and O–H groups in total. The fraction of sp³-hybridized carbons (Fsp3) is 0.364. The van der Waals surface area contributed by atoms with Crippen LogP contribution in [0.4, 0.5) is 0 Å².